The van der Waals surface area contributed by atoms with Gasteiger partial charge in [-0.3, -0.25) is 9.59 Å². The van der Waals surface area contributed by atoms with Crippen LogP contribution in [0.25, 0.3) is 11.0 Å². The highest BCUT2D eigenvalue weighted by Gasteiger charge is 2.45. The maximum Gasteiger partial charge on any atom is 0.304 e. The van der Waals surface area contributed by atoms with E-state index in [0.717, 1.165) is 22.1 Å². The molecule has 0 spiro atoms. The number of furan rings is 1. The van der Waals surface area contributed by atoms with Crippen LogP contribution in [0.15, 0.2) is 59.0 Å². The zero-order chi connectivity index (χ0) is 19.0. The van der Waals surface area contributed by atoms with Gasteiger partial charge in [0.15, 0.2) is 0 Å². The maximum atomic E-state index is 13.2. The molecular formula is C22H21NO4. The summed E-state index contributed by atoms with van der Waals surface area (Å²) in [6.07, 6.45) is 0.683. The van der Waals surface area contributed by atoms with Crippen molar-refractivity contribution in [3.8, 4) is 0 Å². The minimum absolute atomic E-state index is 0.194. The van der Waals surface area contributed by atoms with Crippen LogP contribution in [0.3, 0.4) is 0 Å². The molecule has 0 radical (unpaired) electrons. The van der Waals surface area contributed by atoms with E-state index in [1.54, 1.807) is 0 Å². The van der Waals surface area contributed by atoms with E-state index >= 15 is 0 Å². The molecule has 27 heavy (non-hydrogen) atoms. The van der Waals surface area contributed by atoms with Gasteiger partial charge >= 0.3 is 5.97 Å². The van der Waals surface area contributed by atoms with Gasteiger partial charge in [0.05, 0.1) is 17.9 Å². The fourth-order valence-electron chi connectivity index (χ4n) is 3.99. The maximum absolute atomic E-state index is 13.2. The Kier molecular flexibility index (Phi) is 4.22. The average Bonchev–Trinajstić information content (AvgIpc) is 3.22. The Morgan fingerprint density at radius 3 is 2.37 bits per heavy atom. The summed E-state index contributed by atoms with van der Waals surface area (Å²) < 4.78 is 5.84. The van der Waals surface area contributed by atoms with Crippen LogP contribution in [0.1, 0.15) is 36.3 Å². The second kappa shape index (κ2) is 6.58. The number of carboxylic acids is 1. The van der Waals surface area contributed by atoms with E-state index < -0.39 is 11.4 Å². The number of rotatable bonds is 5. The molecule has 1 atom stereocenters. The summed E-state index contributed by atoms with van der Waals surface area (Å²) >= 11 is 0. The molecule has 1 aromatic heterocycles. The molecule has 3 aromatic rings. The SMILES string of the molecule is C[C@@H](NC(=O)C1(CC(=O)O)Cc2ccccc2C1)c1cc2ccccc2o1. The molecule has 0 bridgehead atoms. The van der Waals surface area contributed by atoms with Gasteiger partial charge in [0.25, 0.3) is 0 Å². The number of fused-ring (bicyclic) bond motifs is 2. The Bertz CT molecular complexity index is 962. The second-order valence-corrected chi connectivity index (χ2v) is 7.35. The number of nitrogens with one attached hydrogen (secondary N) is 1. The van der Waals surface area contributed by atoms with Crippen molar-refractivity contribution in [1.82, 2.24) is 5.32 Å². The molecule has 0 unspecified atom stereocenters. The number of para-hydroxylation sites is 1. The first-order valence-corrected chi connectivity index (χ1v) is 9.05. The highest BCUT2D eigenvalue weighted by atomic mass is 16.4. The minimum atomic E-state index is -0.964. The molecular weight excluding hydrogens is 342 g/mol. The lowest BCUT2D eigenvalue weighted by Gasteiger charge is -2.27. The number of benzene rings is 2. The molecule has 5 heteroatoms. The van der Waals surface area contributed by atoms with Crippen LogP contribution in [0.5, 0.6) is 0 Å². The number of carboxylic acid groups (broad SMARTS) is 1. The van der Waals surface area contributed by atoms with Crippen LogP contribution in [-0.4, -0.2) is 17.0 Å². The Morgan fingerprint density at radius 1 is 1.11 bits per heavy atom. The van der Waals surface area contributed by atoms with Gasteiger partial charge in [-0.2, -0.15) is 0 Å². The fraction of sp³-hybridized carbons (Fsp3) is 0.273. The van der Waals surface area contributed by atoms with Crippen molar-refractivity contribution in [3.05, 3.63) is 71.5 Å². The fourth-order valence-corrected chi connectivity index (χ4v) is 3.99. The van der Waals surface area contributed by atoms with Gasteiger partial charge in [-0.05, 0) is 43.0 Å². The molecule has 1 aliphatic carbocycles. The molecule has 2 aromatic carbocycles. The normalized spacial score (nSPS) is 16.0. The highest BCUT2D eigenvalue weighted by Crippen LogP contribution is 2.40. The summed E-state index contributed by atoms with van der Waals surface area (Å²) in [5.74, 6) is -0.547. The Balaban J connectivity index is 1.58. The smallest absolute Gasteiger partial charge is 0.304 e. The third kappa shape index (κ3) is 3.21. The van der Waals surface area contributed by atoms with Crippen LogP contribution >= 0.6 is 0 Å². The van der Waals surface area contributed by atoms with Gasteiger partial charge in [-0.25, -0.2) is 0 Å². The second-order valence-electron chi connectivity index (χ2n) is 7.35. The van der Waals surface area contributed by atoms with E-state index in [-0.39, 0.29) is 18.4 Å². The van der Waals surface area contributed by atoms with E-state index in [0.29, 0.717) is 18.6 Å². The lowest BCUT2D eigenvalue weighted by Crippen LogP contribution is -2.44. The van der Waals surface area contributed by atoms with Crippen molar-refractivity contribution >= 4 is 22.8 Å². The standard InChI is InChI=1S/C22H21NO4/c1-14(19-10-15-6-4-5-9-18(15)27-19)23-21(26)22(13-20(24)25)11-16-7-2-3-8-17(16)12-22/h2-10,14H,11-13H2,1H3,(H,23,26)(H,24,25)/t14-/m1/s1. The van der Waals surface area contributed by atoms with Gasteiger partial charge in [0, 0.05) is 5.39 Å². The lowest BCUT2D eigenvalue weighted by molar-refractivity contribution is -0.145. The van der Waals surface area contributed by atoms with Crippen molar-refractivity contribution in [1.29, 1.82) is 0 Å². The zero-order valence-electron chi connectivity index (χ0n) is 15.1. The largest absolute Gasteiger partial charge is 0.481 e. The molecule has 0 aliphatic heterocycles. The first-order chi connectivity index (χ1) is 13.0. The highest BCUT2D eigenvalue weighted by molar-refractivity contribution is 5.89. The van der Waals surface area contributed by atoms with Crippen molar-refractivity contribution in [3.63, 3.8) is 0 Å². The monoisotopic (exact) mass is 363 g/mol. The van der Waals surface area contributed by atoms with Gasteiger partial charge < -0.3 is 14.8 Å². The molecule has 1 heterocycles. The third-order valence-electron chi connectivity index (χ3n) is 5.37. The quantitative estimate of drug-likeness (QED) is 0.721. The van der Waals surface area contributed by atoms with Crippen molar-refractivity contribution < 1.29 is 19.1 Å². The van der Waals surface area contributed by atoms with Crippen LogP contribution in [0.4, 0.5) is 0 Å². The molecule has 1 amide bonds. The molecule has 0 fully saturated rings. The predicted molar refractivity (Wildman–Crippen MR) is 101 cm³/mol. The molecule has 138 valence electrons. The van der Waals surface area contributed by atoms with E-state index in [1.807, 2.05) is 61.5 Å². The summed E-state index contributed by atoms with van der Waals surface area (Å²) in [6, 6.07) is 17.0. The van der Waals surface area contributed by atoms with E-state index in [1.165, 1.54) is 0 Å². The number of hydrogen-bond donors (Lipinski definition) is 2. The number of aliphatic carboxylic acids is 1. The van der Waals surface area contributed by atoms with Gasteiger partial charge in [-0.15, -0.1) is 0 Å². The van der Waals surface area contributed by atoms with Crippen LogP contribution in [0.2, 0.25) is 0 Å². The van der Waals surface area contributed by atoms with E-state index in [4.69, 9.17) is 4.42 Å². The molecule has 1 aliphatic rings. The minimum Gasteiger partial charge on any atom is -0.481 e. The molecule has 2 N–H and O–H groups in total. The zero-order valence-corrected chi connectivity index (χ0v) is 15.1. The van der Waals surface area contributed by atoms with Crippen molar-refractivity contribution in [2.24, 2.45) is 5.41 Å². The van der Waals surface area contributed by atoms with Crippen LogP contribution < -0.4 is 5.32 Å². The number of carbonyl (C=O) groups is 2. The Hall–Kier alpha value is -3.08. The summed E-state index contributed by atoms with van der Waals surface area (Å²) in [6.45, 7) is 1.85. The van der Waals surface area contributed by atoms with Crippen LogP contribution in [-0.2, 0) is 22.4 Å². The average molecular weight is 363 g/mol. The van der Waals surface area contributed by atoms with Gasteiger partial charge in [0.1, 0.15) is 11.3 Å². The molecule has 0 saturated carbocycles. The Morgan fingerprint density at radius 2 is 1.74 bits per heavy atom. The molecule has 0 saturated heterocycles. The molecule has 5 nitrogen and oxygen atoms in total. The summed E-state index contributed by atoms with van der Waals surface area (Å²) in [5.41, 5.74) is 1.90. The Labute approximate surface area is 157 Å². The number of carbonyl (C=O) groups excluding carboxylic acids is 1. The summed E-state index contributed by atoms with van der Waals surface area (Å²) in [7, 11) is 0. The topological polar surface area (TPSA) is 79.5 Å². The lowest BCUT2D eigenvalue weighted by atomic mass is 9.80. The van der Waals surface area contributed by atoms with Crippen molar-refractivity contribution in [2.45, 2.75) is 32.2 Å². The van der Waals surface area contributed by atoms with E-state index in [2.05, 4.69) is 5.32 Å². The summed E-state index contributed by atoms with van der Waals surface area (Å²) in [4.78, 5) is 24.6. The molecule has 4 rings (SSSR count). The van der Waals surface area contributed by atoms with Gasteiger partial charge in [0.2, 0.25) is 5.91 Å². The number of hydrogen-bond acceptors (Lipinski definition) is 3. The first kappa shape index (κ1) is 17.3. The predicted octanol–water partition coefficient (Wildman–Crippen LogP) is 3.87. The number of amides is 1. The summed E-state index contributed by atoms with van der Waals surface area (Å²) in [5, 5.41) is 13.4. The van der Waals surface area contributed by atoms with Crippen LogP contribution in [0, 0.1) is 5.41 Å². The van der Waals surface area contributed by atoms with Gasteiger partial charge in [-0.1, -0.05) is 42.5 Å². The first-order valence-electron chi connectivity index (χ1n) is 9.05. The van der Waals surface area contributed by atoms with E-state index in [9.17, 15) is 14.7 Å². The van der Waals surface area contributed by atoms with Crippen molar-refractivity contribution in [2.75, 3.05) is 0 Å². The third-order valence-corrected chi connectivity index (χ3v) is 5.37.